The molecule has 1 atom stereocenters. The van der Waals surface area contributed by atoms with Crippen LogP contribution in [0.15, 0.2) is 66.7 Å². The quantitative estimate of drug-likeness (QED) is 0.670. The van der Waals surface area contributed by atoms with Crippen molar-refractivity contribution < 1.29 is 9.18 Å². The van der Waals surface area contributed by atoms with Crippen LogP contribution in [0.25, 0.3) is 0 Å². The van der Waals surface area contributed by atoms with Crippen LogP contribution in [0, 0.1) is 5.82 Å². The van der Waals surface area contributed by atoms with Crippen molar-refractivity contribution in [2.45, 2.75) is 19.4 Å². The van der Waals surface area contributed by atoms with Gasteiger partial charge in [0.05, 0.1) is 0 Å². The lowest BCUT2D eigenvalue weighted by molar-refractivity contribution is 0.0948. The van der Waals surface area contributed by atoms with Gasteiger partial charge in [0.1, 0.15) is 11.6 Å². The highest BCUT2D eigenvalue weighted by atomic mass is 19.1. The number of anilines is 1. The van der Waals surface area contributed by atoms with E-state index in [1.54, 1.807) is 30.3 Å². The molecule has 1 unspecified atom stereocenters. The molecule has 1 heterocycles. The highest BCUT2D eigenvalue weighted by molar-refractivity contribution is 5.92. The molecule has 0 aliphatic rings. The predicted octanol–water partition coefficient (Wildman–Crippen LogP) is 3.76. The van der Waals surface area contributed by atoms with E-state index in [9.17, 15) is 9.18 Å². The first-order valence-electron chi connectivity index (χ1n) is 8.80. The van der Waals surface area contributed by atoms with E-state index >= 15 is 0 Å². The minimum atomic E-state index is -0.332. The molecule has 138 valence electrons. The Hall–Kier alpha value is -3.28. The van der Waals surface area contributed by atoms with Crippen molar-refractivity contribution in [3.05, 3.63) is 89.4 Å². The zero-order valence-corrected chi connectivity index (χ0v) is 15.0. The number of aromatic nitrogens is 2. The van der Waals surface area contributed by atoms with Crippen LogP contribution in [-0.4, -0.2) is 22.6 Å². The third kappa shape index (κ3) is 5.10. The normalized spacial score (nSPS) is 11.6. The second-order valence-electron chi connectivity index (χ2n) is 6.18. The second-order valence-corrected chi connectivity index (χ2v) is 6.18. The van der Waals surface area contributed by atoms with Gasteiger partial charge in [-0.15, -0.1) is 10.2 Å². The number of halogens is 1. The smallest absolute Gasteiger partial charge is 0.271 e. The maximum atomic E-state index is 13.6. The monoisotopic (exact) mass is 364 g/mol. The van der Waals surface area contributed by atoms with Crippen molar-refractivity contribution in [1.82, 2.24) is 15.5 Å². The molecule has 1 amide bonds. The number of nitrogens with zero attached hydrogens (tertiary/aromatic N) is 2. The van der Waals surface area contributed by atoms with E-state index in [2.05, 4.69) is 20.8 Å². The molecule has 2 aromatic carbocycles. The van der Waals surface area contributed by atoms with Gasteiger partial charge in [-0.3, -0.25) is 4.79 Å². The summed E-state index contributed by atoms with van der Waals surface area (Å²) in [5, 5.41) is 14.0. The molecule has 3 aromatic rings. The van der Waals surface area contributed by atoms with Crippen LogP contribution in [0.4, 0.5) is 10.2 Å². The first-order valence-corrected chi connectivity index (χ1v) is 8.80. The summed E-state index contributed by atoms with van der Waals surface area (Å²) < 4.78 is 13.6. The molecule has 0 bridgehead atoms. The lowest BCUT2D eigenvalue weighted by Gasteiger charge is -2.14. The molecule has 6 heteroatoms. The van der Waals surface area contributed by atoms with Gasteiger partial charge < -0.3 is 10.6 Å². The molecular formula is C21H21FN4O. The summed E-state index contributed by atoms with van der Waals surface area (Å²) >= 11 is 0. The second kappa shape index (κ2) is 8.89. The first kappa shape index (κ1) is 18.5. The number of benzene rings is 2. The molecule has 2 N–H and O–H groups in total. The fourth-order valence-electron chi connectivity index (χ4n) is 2.68. The van der Waals surface area contributed by atoms with Gasteiger partial charge in [0.2, 0.25) is 0 Å². The van der Waals surface area contributed by atoms with Gasteiger partial charge in [-0.05, 0) is 42.7 Å². The third-order valence-corrected chi connectivity index (χ3v) is 4.20. The number of hydrogen-bond acceptors (Lipinski definition) is 4. The van der Waals surface area contributed by atoms with Crippen molar-refractivity contribution >= 4 is 11.7 Å². The predicted molar refractivity (Wildman–Crippen MR) is 103 cm³/mol. The molecule has 0 fully saturated rings. The van der Waals surface area contributed by atoms with Gasteiger partial charge in [-0.2, -0.15) is 0 Å². The van der Waals surface area contributed by atoms with Crippen LogP contribution in [0.5, 0.6) is 0 Å². The van der Waals surface area contributed by atoms with Crippen molar-refractivity contribution in [2.75, 3.05) is 11.9 Å². The molecular weight excluding hydrogens is 343 g/mol. The van der Waals surface area contributed by atoms with E-state index in [1.807, 2.05) is 37.3 Å². The number of hydrogen-bond donors (Lipinski definition) is 2. The summed E-state index contributed by atoms with van der Waals surface area (Å²) in [4.78, 5) is 12.1. The van der Waals surface area contributed by atoms with Crippen LogP contribution in [-0.2, 0) is 6.42 Å². The summed E-state index contributed by atoms with van der Waals surface area (Å²) in [6.45, 7) is 2.35. The Morgan fingerprint density at radius 1 is 1.00 bits per heavy atom. The summed E-state index contributed by atoms with van der Waals surface area (Å²) in [5.74, 6) is -0.00902. The Balaban J connectivity index is 1.52. The Bertz CT molecular complexity index is 884. The summed E-state index contributed by atoms with van der Waals surface area (Å²) in [5.41, 5.74) is 1.93. The molecule has 0 aliphatic carbocycles. The molecule has 3 rings (SSSR count). The highest BCUT2D eigenvalue weighted by Gasteiger charge is 2.10. The topological polar surface area (TPSA) is 66.9 Å². The minimum absolute atomic E-state index is 0.0703. The lowest BCUT2D eigenvalue weighted by Crippen LogP contribution is -2.27. The Labute approximate surface area is 157 Å². The van der Waals surface area contributed by atoms with Gasteiger partial charge in [-0.1, -0.05) is 48.5 Å². The molecule has 0 aliphatic heterocycles. The summed E-state index contributed by atoms with van der Waals surface area (Å²) in [7, 11) is 0. The fourth-order valence-corrected chi connectivity index (χ4v) is 2.68. The van der Waals surface area contributed by atoms with Crippen molar-refractivity contribution in [3.63, 3.8) is 0 Å². The number of carbonyl (C=O) groups excluding carboxylic acids is 1. The molecule has 1 aromatic heterocycles. The molecule has 0 saturated carbocycles. The zero-order valence-electron chi connectivity index (χ0n) is 15.0. The van der Waals surface area contributed by atoms with Crippen LogP contribution in [0.1, 0.15) is 34.6 Å². The van der Waals surface area contributed by atoms with Gasteiger partial charge in [0, 0.05) is 12.6 Å². The van der Waals surface area contributed by atoms with Gasteiger partial charge in [0.15, 0.2) is 5.69 Å². The third-order valence-electron chi connectivity index (χ3n) is 4.20. The van der Waals surface area contributed by atoms with E-state index in [1.165, 1.54) is 6.07 Å². The number of rotatable bonds is 7. The summed E-state index contributed by atoms with van der Waals surface area (Å²) in [6, 6.07) is 19.9. The number of amides is 1. The van der Waals surface area contributed by atoms with Gasteiger partial charge >= 0.3 is 0 Å². The van der Waals surface area contributed by atoms with Crippen LogP contribution in [0.2, 0.25) is 0 Å². The maximum Gasteiger partial charge on any atom is 0.271 e. The van der Waals surface area contributed by atoms with Gasteiger partial charge in [-0.25, -0.2) is 4.39 Å². The fraction of sp³-hybridized carbons (Fsp3) is 0.190. The van der Waals surface area contributed by atoms with E-state index < -0.39 is 0 Å². The summed E-state index contributed by atoms with van der Waals surface area (Å²) in [6.07, 6.45) is 0.417. The van der Waals surface area contributed by atoms with Gasteiger partial charge in [0.25, 0.3) is 5.91 Å². The van der Waals surface area contributed by atoms with Crippen molar-refractivity contribution in [2.24, 2.45) is 0 Å². The van der Waals surface area contributed by atoms with Crippen molar-refractivity contribution in [3.8, 4) is 0 Å². The van der Waals surface area contributed by atoms with Crippen LogP contribution >= 0.6 is 0 Å². The zero-order chi connectivity index (χ0) is 19.1. The van der Waals surface area contributed by atoms with E-state index in [4.69, 9.17) is 0 Å². The molecule has 27 heavy (non-hydrogen) atoms. The largest absolute Gasteiger partial charge is 0.362 e. The van der Waals surface area contributed by atoms with Crippen LogP contribution < -0.4 is 10.6 Å². The molecule has 0 spiro atoms. The van der Waals surface area contributed by atoms with E-state index in [-0.39, 0.29) is 23.5 Å². The standard InChI is InChI=1S/C21H21FN4O/c1-15(16-7-3-2-4-8-16)24-20-12-11-19(25-26-20)21(27)23-14-13-17-9-5-6-10-18(17)22/h2-12,15H,13-14H2,1H3,(H,23,27)(H,24,26). The minimum Gasteiger partial charge on any atom is -0.362 e. The van der Waals surface area contributed by atoms with Crippen molar-refractivity contribution in [1.29, 1.82) is 0 Å². The molecule has 5 nitrogen and oxygen atoms in total. The average Bonchev–Trinajstić information content (AvgIpc) is 2.70. The van der Waals surface area contributed by atoms with Crippen LogP contribution in [0.3, 0.4) is 0 Å². The Morgan fingerprint density at radius 3 is 2.44 bits per heavy atom. The maximum absolute atomic E-state index is 13.6. The Kier molecular flexibility index (Phi) is 6.10. The highest BCUT2D eigenvalue weighted by Crippen LogP contribution is 2.16. The lowest BCUT2D eigenvalue weighted by atomic mass is 10.1. The SMILES string of the molecule is CC(Nc1ccc(C(=O)NCCc2ccccc2F)nn1)c1ccccc1. The number of carbonyl (C=O) groups is 1. The van der Waals surface area contributed by atoms with E-state index in [0.29, 0.717) is 24.3 Å². The molecule has 0 saturated heterocycles. The first-order chi connectivity index (χ1) is 13.1. The molecule has 0 radical (unpaired) electrons. The Morgan fingerprint density at radius 2 is 1.74 bits per heavy atom. The van der Waals surface area contributed by atoms with E-state index in [0.717, 1.165) is 5.56 Å². The average molecular weight is 364 g/mol. The number of nitrogens with one attached hydrogen (secondary N) is 2.